The SMILES string of the molecule is COc1cccc([C@@H](N)C2CCCCC2)c1F. The third kappa shape index (κ3) is 2.60. The Bertz CT molecular complexity index is 374. The van der Waals surface area contributed by atoms with Gasteiger partial charge in [-0.25, -0.2) is 4.39 Å². The van der Waals surface area contributed by atoms with Crippen molar-refractivity contribution < 1.29 is 9.13 Å². The van der Waals surface area contributed by atoms with Crippen molar-refractivity contribution in [3.05, 3.63) is 29.6 Å². The lowest BCUT2D eigenvalue weighted by Crippen LogP contribution is -2.24. The van der Waals surface area contributed by atoms with E-state index in [9.17, 15) is 4.39 Å². The van der Waals surface area contributed by atoms with Gasteiger partial charge in [0, 0.05) is 11.6 Å². The van der Waals surface area contributed by atoms with E-state index in [4.69, 9.17) is 10.5 Å². The molecule has 1 fully saturated rings. The summed E-state index contributed by atoms with van der Waals surface area (Å²) in [6.45, 7) is 0. The predicted octanol–water partition coefficient (Wildman–Crippen LogP) is 3.41. The summed E-state index contributed by atoms with van der Waals surface area (Å²) in [5, 5.41) is 0. The number of methoxy groups -OCH3 is 1. The van der Waals surface area contributed by atoms with Gasteiger partial charge in [0.25, 0.3) is 0 Å². The Morgan fingerprint density at radius 3 is 2.65 bits per heavy atom. The van der Waals surface area contributed by atoms with Crippen LogP contribution in [0.5, 0.6) is 5.75 Å². The first-order valence-corrected chi connectivity index (χ1v) is 6.32. The van der Waals surface area contributed by atoms with Gasteiger partial charge in [-0.3, -0.25) is 0 Å². The average molecular weight is 237 g/mol. The molecule has 1 saturated carbocycles. The van der Waals surface area contributed by atoms with Crippen LogP contribution in [0.4, 0.5) is 4.39 Å². The van der Waals surface area contributed by atoms with E-state index in [2.05, 4.69) is 0 Å². The molecule has 3 heteroatoms. The van der Waals surface area contributed by atoms with Crippen molar-refractivity contribution >= 4 is 0 Å². The van der Waals surface area contributed by atoms with Gasteiger partial charge in [0.15, 0.2) is 11.6 Å². The number of benzene rings is 1. The van der Waals surface area contributed by atoms with Gasteiger partial charge in [-0.1, -0.05) is 31.4 Å². The van der Waals surface area contributed by atoms with E-state index in [1.165, 1.54) is 26.4 Å². The summed E-state index contributed by atoms with van der Waals surface area (Å²) >= 11 is 0. The van der Waals surface area contributed by atoms with Crippen LogP contribution < -0.4 is 10.5 Å². The van der Waals surface area contributed by atoms with Gasteiger partial charge in [0.05, 0.1) is 7.11 Å². The zero-order valence-electron chi connectivity index (χ0n) is 10.3. The van der Waals surface area contributed by atoms with Gasteiger partial charge >= 0.3 is 0 Å². The normalized spacial score (nSPS) is 19.0. The molecule has 1 atom stereocenters. The predicted molar refractivity (Wildman–Crippen MR) is 66.5 cm³/mol. The summed E-state index contributed by atoms with van der Waals surface area (Å²) in [5.74, 6) is 0.396. The molecule has 0 saturated heterocycles. The van der Waals surface area contributed by atoms with E-state index >= 15 is 0 Å². The van der Waals surface area contributed by atoms with Gasteiger partial charge in [-0.2, -0.15) is 0 Å². The molecule has 0 aliphatic heterocycles. The van der Waals surface area contributed by atoms with Crippen LogP contribution in [0.3, 0.4) is 0 Å². The summed E-state index contributed by atoms with van der Waals surface area (Å²) in [5.41, 5.74) is 6.79. The molecule has 0 amide bonds. The maximum absolute atomic E-state index is 14.1. The molecule has 17 heavy (non-hydrogen) atoms. The first-order chi connectivity index (χ1) is 8.24. The molecule has 0 heterocycles. The Morgan fingerprint density at radius 2 is 2.00 bits per heavy atom. The molecule has 0 aromatic heterocycles. The highest BCUT2D eigenvalue weighted by Crippen LogP contribution is 2.35. The quantitative estimate of drug-likeness (QED) is 0.874. The molecule has 1 aromatic carbocycles. The molecule has 1 aromatic rings. The van der Waals surface area contributed by atoms with Crippen LogP contribution in [0.1, 0.15) is 43.7 Å². The maximum Gasteiger partial charge on any atom is 0.169 e. The van der Waals surface area contributed by atoms with Crippen molar-refractivity contribution in [1.29, 1.82) is 0 Å². The highest BCUT2D eigenvalue weighted by molar-refractivity contribution is 5.33. The number of nitrogens with two attached hydrogens (primary N) is 1. The minimum absolute atomic E-state index is 0.203. The molecular weight excluding hydrogens is 217 g/mol. The fourth-order valence-electron chi connectivity index (χ4n) is 2.69. The van der Waals surface area contributed by atoms with Gasteiger partial charge in [0.1, 0.15) is 0 Å². The smallest absolute Gasteiger partial charge is 0.169 e. The van der Waals surface area contributed by atoms with Crippen LogP contribution in [-0.2, 0) is 0 Å². The molecule has 0 bridgehead atoms. The summed E-state index contributed by atoms with van der Waals surface area (Å²) in [4.78, 5) is 0. The Morgan fingerprint density at radius 1 is 1.29 bits per heavy atom. The van der Waals surface area contributed by atoms with E-state index in [0.29, 0.717) is 11.5 Å². The molecule has 2 rings (SSSR count). The van der Waals surface area contributed by atoms with Crippen LogP contribution in [0.2, 0.25) is 0 Å². The number of ether oxygens (including phenoxy) is 1. The number of hydrogen-bond acceptors (Lipinski definition) is 2. The van der Waals surface area contributed by atoms with E-state index in [1.54, 1.807) is 18.2 Å². The van der Waals surface area contributed by atoms with E-state index < -0.39 is 0 Å². The third-order valence-corrected chi connectivity index (χ3v) is 3.73. The zero-order chi connectivity index (χ0) is 12.3. The van der Waals surface area contributed by atoms with Crippen molar-refractivity contribution in [2.75, 3.05) is 7.11 Å². The highest BCUT2D eigenvalue weighted by atomic mass is 19.1. The van der Waals surface area contributed by atoms with Crippen molar-refractivity contribution in [2.45, 2.75) is 38.1 Å². The molecule has 0 unspecified atom stereocenters. The highest BCUT2D eigenvalue weighted by Gasteiger charge is 2.25. The Hall–Kier alpha value is -1.09. The summed E-state index contributed by atoms with van der Waals surface area (Å²) in [6.07, 6.45) is 5.92. The van der Waals surface area contributed by atoms with Crippen LogP contribution in [0.25, 0.3) is 0 Å². The van der Waals surface area contributed by atoms with Crippen molar-refractivity contribution in [3.8, 4) is 5.75 Å². The monoisotopic (exact) mass is 237 g/mol. The minimum atomic E-state index is -0.298. The topological polar surface area (TPSA) is 35.2 Å². The second-order valence-corrected chi connectivity index (χ2v) is 4.79. The maximum atomic E-state index is 14.1. The molecular formula is C14H20FNO. The first kappa shape index (κ1) is 12.4. The fraction of sp³-hybridized carbons (Fsp3) is 0.571. The van der Waals surface area contributed by atoms with Gasteiger partial charge in [-0.05, 0) is 24.8 Å². The van der Waals surface area contributed by atoms with Crippen molar-refractivity contribution in [3.63, 3.8) is 0 Å². The average Bonchev–Trinajstić information content (AvgIpc) is 2.39. The van der Waals surface area contributed by atoms with Gasteiger partial charge in [0.2, 0.25) is 0 Å². The summed E-state index contributed by atoms with van der Waals surface area (Å²) < 4.78 is 19.1. The second kappa shape index (κ2) is 5.50. The largest absolute Gasteiger partial charge is 0.494 e. The van der Waals surface area contributed by atoms with Gasteiger partial charge < -0.3 is 10.5 Å². The molecule has 1 aliphatic rings. The zero-order valence-corrected chi connectivity index (χ0v) is 10.3. The van der Waals surface area contributed by atoms with E-state index in [1.807, 2.05) is 0 Å². The van der Waals surface area contributed by atoms with Crippen LogP contribution >= 0.6 is 0 Å². The number of rotatable bonds is 3. The van der Waals surface area contributed by atoms with E-state index in [0.717, 1.165) is 12.8 Å². The molecule has 94 valence electrons. The summed E-state index contributed by atoms with van der Waals surface area (Å²) in [7, 11) is 1.48. The van der Waals surface area contributed by atoms with Crippen LogP contribution in [0, 0.1) is 11.7 Å². The van der Waals surface area contributed by atoms with Crippen molar-refractivity contribution in [1.82, 2.24) is 0 Å². The molecule has 2 nitrogen and oxygen atoms in total. The third-order valence-electron chi connectivity index (χ3n) is 3.73. The van der Waals surface area contributed by atoms with Crippen molar-refractivity contribution in [2.24, 2.45) is 11.7 Å². The molecule has 0 radical (unpaired) electrons. The first-order valence-electron chi connectivity index (χ1n) is 6.32. The standard InChI is InChI=1S/C14H20FNO/c1-17-12-9-5-8-11(13(12)15)14(16)10-6-3-2-4-7-10/h5,8-10,14H,2-4,6-7,16H2,1H3/t14-/m0/s1. The second-order valence-electron chi connectivity index (χ2n) is 4.79. The van der Waals surface area contributed by atoms with Gasteiger partial charge in [-0.15, -0.1) is 0 Å². The number of hydrogen-bond donors (Lipinski definition) is 1. The molecule has 0 spiro atoms. The lowest BCUT2D eigenvalue weighted by Gasteiger charge is -2.28. The van der Waals surface area contributed by atoms with E-state index in [-0.39, 0.29) is 17.6 Å². The number of halogens is 1. The van der Waals surface area contributed by atoms with Crippen LogP contribution in [0.15, 0.2) is 18.2 Å². The Kier molecular flexibility index (Phi) is 4.00. The Balaban J connectivity index is 2.20. The molecule has 1 aliphatic carbocycles. The molecule has 2 N–H and O–H groups in total. The lowest BCUT2D eigenvalue weighted by atomic mass is 9.81. The fourth-order valence-corrected chi connectivity index (χ4v) is 2.69. The van der Waals surface area contributed by atoms with Crippen LogP contribution in [-0.4, -0.2) is 7.11 Å². The minimum Gasteiger partial charge on any atom is -0.494 e. The summed E-state index contributed by atoms with van der Waals surface area (Å²) in [6, 6.07) is 5.01. The lowest BCUT2D eigenvalue weighted by molar-refractivity contribution is 0.300. The Labute approximate surface area is 102 Å².